The van der Waals surface area contributed by atoms with Gasteiger partial charge in [-0.15, -0.1) is 0 Å². The molecule has 0 aromatic heterocycles. The zero-order chi connectivity index (χ0) is 25.7. The van der Waals surface area contributed by atoms with Crippen LogP contribution in [0.1, 0.15) is 50.5 Å². The third-order valence-corrected chi connectivity index (χ3v) is 6.22. The molecule has 2 rings (SSSR count). The van der Waals surface area contributed by atoms with Crippen LogP contribution in [0.25, 0.3) is 0 Å². The summed E-state index contributed by atoms with van der Waals surface area (Å²) in [5.41, 5.74) is 0.835. The molecule has 2 aromatic carbocycles. The summed E-state index contributed by atoms with van der Waals surface area (Å²) in [6.07, 6.45) is 0.998. The Morgan fingerprint density at radius 1 is 1.00 bits per heavy atom. The number of hydrogen-bond donors (Lipinski definition) is 1. The Morgan fingerprint density at radius 3 is 2.15 bits per heavy atom. The molecular weight excluding hydrogens is 454 g/mol. The maximum Gasteiger partial charge on any atom is 0.244 e. The second-order valence-electron chi connectivity index (χ2n) is 9.30. The third-order valence-electron chi connectivity index (χ3n) is 5.08. The van der Waals surface area contributed by atoms with E-state index in [9.17, 15) is 22.8 Å². The molecule has 184 valence electrons. The van der Waals surface area contributed by atoms with Crippen LogP contribution in [0.5, 0.6) is 0 Å². The largest absolute Gasteiger partial charge is 0.350 e. The van der Waals surface area contributed by atoms with Crippen molar-refractivity contribution in [1.29, 1.82) is 0 Å². The summed E-state index contributed by atoms with van der Waals surface area (Å²) in [4.78, 5) is 39.5. The van der Waals surface area contributed by atoms with Gasteiger partial charge >= 0.3 is 0 Å². The van der Waals surface area contributed by atoms with Crippen molar-refractivity contribution in [2.75, 3.05) is 17.1 Å². The number of Topliss-reactive ketones (excluding diaryl/α,β-unsaturated/α-hetero) is 1. The number of nitrogens with one attached hydrogen (secondary N) is 1. The van der Waals surface area contributed by atoms with E-state index in [0.29, 0.717) is 5.56 Å². The van der Waals surface area contributed by atoms with Gasteiger partial charge in [-0.1, -0.05) is 42.5 Å². The van der Waals surface area contributed by atoms with Crippen LogP contribution in [0.15, 0.2) is 54.6 Å². The van der Waals surface area contributed by atoms with E-state index in [1.165, 1.54) is 24.0 Å². The van der Waals surface area contributed by atoms with E-state index < -0.39 is 34.1 Å². The maximum atomic E-state index is 13.5. The smallest absolute Gasteiger partial charge is 0.244 e. The number of anilines is 1. The van der Waals surface area contributed by atoms with Gasteiger partial charge in [-0.2, -0.15) is 0 Å². The quantitative estimate of drug-likeness (QED) is 0.548. The van der Waals surface area contributed by atoms with E-state index in [-0.39, 0.29) is 23.9 Å². The van der Waals surface area contributed by atoms with Crippen molar-refractivity contribution in [3.8, 4) is 0 Å². The average Bonchev–Trinajstić information content (AvgIpc) is 2.74. The van der Waals surface area contributed by atoms with Crippen molar-refractivity contribution < 1.29 is 22.8 Å². The van der Waals surface area contributed by atoms with Gasteiger partial charge in [0.05, 0.1) is 11.9 Å². The molecule has 0 spiro atoms. The van der Waals surface area contributed by atoms with Crippen LogP contribution in [0.2, 0.25) is 0 Å². The molecule has 0 radical (unpaired) electrons. The summed E-state index contributed by atoms with van der Waals surface area (Å²) in [6.45, 7) is 8.13. The van der Waals surface area contributed by atoms with Crippen LogP contribution in [0, 0.1) is 0 Å². The lowest BCUT2D eigenvalue weighted by Crippen LogP contribution is -2.54. The fourth-order valence-electron chi connectivity index (χ4n) is 3.33. The number of benzene rings is 2. The first kappa shape index (κ1) is 27.0. The Hall–Kier alpha value is -3.20. The Balaban J connectivity index is 2.42. The van der Waals surface area contributed by atoms with Crippen LogP contribution < -0.4 is 9.62 Å². The van der Waals surface area contributed by atoms with Crippen LogP contribution in [0.4, 0.5) is 5.69 Å². The van der Waals surface area contributed by atoms with Crippen LogP contribution in [0.3, 0.4) is 0 Å². The van der Waals surface area contributed by atoms with E-state index >= 15 is 0 Å². The molecule has 0 saturated heterocycles. The molecule has 0 fully saturated rings. The van der Waals surface area contributed by atoms with Gasteiger partial charge in [0, 0.05) is 17.6 Å². The molecule has 0 bridgehead atoms. The molecule has 0 heterocycles. The normalized spacial score (nSPS) is 12.5. The van der Waals surface area contributed by atoms with Crippen molar-refractivity contribution >= 4 is 33.3 Å². The second-order valence-corrected chi connectivity index (χ2v) is 11.2. The molecule has 2 amide bonds. The molecule has 0 aliphatic rings. The minimum Gasteiger partial charge on any atom is -0.350 e. The highest BCUT2D eigenvalue weighted by Crippen LogP contribution is 2.21. The first-order valence-corrected chi connectivity index (χ1v) is 12.8. The monoisotopic (exact) mass is 487 g/mol. The van der Waals surface area contributed by atoms with Crippen molar-refractivity contribution in [1.82, 2.24) is 10.2 Å². The number of hydrogen-bond acceptors (Lipinski definition) is 5. The first-order valence-electron chi connectivity index (χ1n) is 10.9. The van der Waals surface area contributed by atoms with Gasteiger partial charge in [-0.3, -0.25) is 18.7 Å². The molecule has 8 nitrogen and oxygen atoms in total. The van der Waals surface area contributed by atoms with E-state index in [0.717, 1.165) is 16.1 Å². The van der Waals surface area contributed by atoms with Gasteiger partial charge in [0.15, 0.2) is 5.78 Å². The zero-order valence-electron chi connectivity index (χ0n) is 20.5. The first-order chi connectivity index (χ1) is 15.7. The summed E-state index contributed by atoms with van der Waals surface area (Å²) in [5.74, 6) is -1.11. The number of amides is 2. The zero-order valence-corrected chi connectivity index (χ0v) is 21.3. The Morgan fingerprint density at radius 2 is 1.62 bits per heavy atom. The van der Waals surface area contributed by atoms with Crippen LogP contribution >= 0.6 is 0 Å². The number of nitrogens with zero attached hydrogens (tertiary/aromatic N) is 2. The van der Waals surface area contributed by atoms with Gasteiger partial charge < -0.3 is 10.2 Å². The van der Waals surface area contributed by atoms with Crippen molar-refractivity contribution in [2.24, 2.45) is 0 Å². The number of sulfonamides is 1. The van der Waals surface area contributed by atoms with Gasteiger partial charge in [-0.05, 0) is 52.3 Å². The van der Waals surface area contributed by atoms with E-state index in [4.69, 9.17) is 0 Å². The van der Waals surface area contributed by atoms with Crippen molar-refractivity contribution in [3.63, 3.8) is 0 Å². The highest BCUT2D eigenvalue weighted by molar-refractivity contribution is 7.92. The van der Waals surface area contributed by atoms with E-state index in [1.807, 2.05) is 51.1 Å². The lowest BCUT2D eigenvalue weighted by Gasteiger charge is -2.33. The van der Waals surface area contributed by atoms with Crippen molar-refractivity contribution in [3.05, 3.63) is 65.7 Å². The molecule has 0 aliphatic heterocycles. The predicted octanol–water partition coefficient (Wildman–Crippen LogP) is 2.99. The molecule has 0 aliphatic carbocycles. The Bertz CT molecular complexity index is 1140. The third kappa shape index (κ3) is 7.69. The molecular formula is C25H33N3O5S. The second kappa shape index (κ2) is 10.8. The lowest BCUT2D eigenvalue weighted by molar-refractivity contribution is -0.140. The summed E-state index contributed by atoms with van der Waals surface area (Å²) in [7, 11) is -3.86. The maximum absolute atomic E-state index is 13.5. The number of ketones is 1. The number of rotatable bonds is 9. The SMILES string of the molecule is CC(=O)c1cccc(N(CC(=O)N(Cc2ccccc2)[C@H](C)C(=O)NC(C)(C)C)S(C)(=O)=O)c1. The van der Waals surface area contributed by atoms with Gasteiger partial charge in [0.25, 0.3) is 0 Å². The lowest BCUT2D eigenvalue weighted by atomic mass is 10.1. The minimum atomic E-state index is -3.86. The topological polar surface area (TPSA) is 104 Å². The molecule has 1 atom stereocenters. The molecule has 9 heteroatoms. The minimum absolute atomic E-state index is 0.128. The number of carbonyl (C=O) groups is 3. The molecule has 34 heavy (non-hydrogen) atoms. The fourth-order valence-corrected chi connectivity index (χ4v) is 4.17. The highest BCUT2D eigenvalue weighted by Gasteiger charge is 2.31. The van der Waals surface area contributed by atoms with Gasteiger partial charge in [-0.25, -0.2) is 8.42 Å². The summed E-state index contributed by atoms with van der Waals surface area (Å²) in [6, 6.07) is 14.4. The average molecular weight is 488 g/mol. The number of carbonyl (C=O) groups excluding carboxylic acids is 3. The van der Waals surface area contributed by atoms with Gasteiger partial charge in [0.2, 0.25) is 21.8 Å². The Kier molecular flexibility index (Phi) is 8.61. The van der Waals surface area contributed by atoms with Crippen LogP contribution in [-0.4, -0.2) is 55.3 Å². The van der Waals surface area contributed by atoms with Gasteiger partial charge in [0.1, 0.15) is 12.6 Å². The fraction of sp³-hybridized carbons (Fsp3) is 0.400. The molecule has 1 N–H and O–H groups in total. The van der Waals surface area contributed by atoms with Crippen LogP contribution in [-0.2, 0) is 26.2 Å². The summed E-state index contributed by atoms with van der Waals surface area (Å²) in [5, 5.41) is 2.87. The highest BCUT2D eigenvalue weighted by atomic mass is 32.2. The predicted molar refractivity (Wildman–Crippen MR) is 133 cm³/mol. The summed E-state index contributed by atoms with van der Waals surface area (Å²) < 4.78 is 26.2. The summed E-state index contributed by atoms with van der Waals surface area (Å²) >= 11 is 0. The molecule has 0 unspecified atom stereocenters. The van der Waals surface area contributed by atoms with E-state index in [2.05, 4.69) is 5.32 Å². The molecule has 2 aromatic rings. The standard InChI is InChI=1S/C25H33N3O5S/c1-18(24(31)26-25(3,4)5)27(16-20-11-8-7-9-12-20)23(30)17-28(34(6,32)33)22-14-10-13-21(15-22)19(2)29/h7-15,18H,16-17H2,1-6H3,(H,26,31)/t18-/m1/s1. The van der Waals surface area contributed by atoms with Crippen molar-refractivity contribution in [2.45, 2.75) is 52.7 Å². The van der Waals surface area contributed by atoms with E-state index in [1.54, 1.807) is 19.1 Å². The Labute approximate surface area is 202 Å². The molecule has 0 saturated carbocycles.